The fourth-order valence-corrected chi connectivity index (χ4v) is 2.08. The molecule has 0 saturated carbocycles. The Balaban J connectivity index is 0.00000441. The molecule has 1 aromatic carbocycles. The number of nitrogens with two attached hydrogens (primary N) is 1. The van der Waals surface area contributed by atoms with Gasteiger partial charge in [0.2, 0.25) is 5.91 Å². The highest BCUT2D eigenvalue weighted by atomic mass is 35.5. The van der Waals surface area contributed by atoms with Crippen molar-refractivity contribution in [3.05, 3.63) is 35.9 Å². The SMILES string of the molecule is COC(=O)[C@H](Cc1ccccc1)NC(=O)[C@@H](N)CC(C)C.Cl. The van der Waals surface area contributed by atoms with E-state index >= 15 is 0 Å². The maximum Gasteiger partial charge on any atom is 0.328 e. The van der Waals surface area contributed by atoms with E-state index < -0.39 is 18.1 Å². The van der Waals surface area contributed by atoms with Gasteiger partial charge in [-0.1, -0.05) is 44.2 Å². The van der Waals surface area contributed by atoms with Crippen molar-refractivity contribution in [2.45, 2.75) is 38.8 Å². The second kappa shape index (κ2) is 10.2. The molecule has 0 aliphatic heterocycles. The Morgan fingerprint density at radius 2 is 1.82 bits per heavy atom. The van der Waals surface area contributed by atoms with Crippen molar-refractivity contribution >= 4 is 24.3 Å². The largest absolute Gasteiger partial charge is 0.467 e. The third kappa shape index (κ3) is 6.91. The molecule has 1 amide bonds. The summed E-state index contributed by atoms with van der Waals surface area (Å²) in [6.45, 7) is 3.99. The molecule has 0 aromatic heterocycles. The van der Waals surface area contributed by atoms with Crippen LogP contribution in [0, 0.1) is 5.92 Å². The first-order chi connectivity index (χ1) is 9.93. The van der Waals surface area contributed by atoms with E-state index in [9.17, 15) is 9.59 Å². The zero-order valence-electron chi connectivity index (χ0n) is 13.2. The average Bonchev–Trinajstić information content (AvgIpc) is 2.46. The number of rotatable bonds is 7. The topological polar surface area (TPSA) is 81.4 Å². The van der Waals surface area contributed by atoms with Gasteiger partial charge in [0.15, 0.2) is 0 Å². The van der Waals surface area contributed by atoms with Crippen LogP contribution < -0.4 is 11.1 Å². The molecule has 0 aliphatic rings. The Morgan fingerprint density at radius 3 is 2.32 bits per heavy atom. The summed E-state index contributed by atoms with van der Waals surface area (Å²) < 4.78 is 4.75. The fraction of sp³-hybridized carbons (Fsp3) is 0.500. The molecule has 0 heterocycles. The summed E-state index contributed by atoms with van der Waals surface area (Å²) in [5.74, 6) is -0.476. The maximum atomic E-state index is 12.1. The number of benzene rings is 1. The van der Waals surface area contributed by atoms with Gasteiger partial charge in [0.25, 0.3) is 0 Å². The van der Waals surface area contributed by atoms with E-state index in [0.29, 0.717) is 18.8 Å². The Hall–Kier alpha value is -1.59. The summed E-state index contributed by atoms with van der Waals surface area (Å²) in [6, 6.07) is 8.13. The van der Waals surface area contributed by atoms with E-state index in [2.05, 4.69) is 5.32 Å². The van der Waals surface area contributed by atoms with Crippen LogP contribution in [0.3, 0.4) is 0 Å². The molecule has 0 saturated heterocycles. The van der Waals surface area contributed by atoms with Crippen LogP contribution in [0.5, 0.6) is 0 Å². The minimum Gasteiger partial charge on any atom is -0.467 e. The molecular formula is C16H25ClN2O3. The number of nitrogens with one attached hydrogen (secondary N) is 1. The molecule has 2 atom stereocenters. The summed E-state index contributed by atoms with van der Waals surface area (Å²) in [4.78, 5) is 23.9. The predicted molar refractivity (Wildman–Crippen MR) is 88.8 cm³/mol. The molecule has 0 spiro atoms. The van der Waals surface area contributed by atoms with Gasteiger partial charge in [0, 0.05) is 6.42 Å². The Morgan fingerprint density at radius 1 is 1.23 bits per heavy atom. The molecule has 0 radical (unpaired) electrons. The second-order valence-corrected chi connectivity index (χ2v) is 5.51. The first-order valence-corrected chi connectivity index (χ1v) is 7.11. The number of hydrogen-bond acceptors (Lipinski definition) is 4. The summed E-state index contributed by atoms with van der Waals surface area (Å²) in [7, 11) is 1.31. The quantitative estimate of drug-likeness (QED) is 0.746. The van der Waals surface area contributed by atoms with Crippen LogP contribution in [0.1, 0.15) is 25.8 Å². The van der Waals surface area contributed by atoms with Crippen molar-refractivity contribution in [2.75, 3.05) is 7.11 Å². The molecule has 5 nitrogen and oxygen atoms in total. The molecule has 0 fully saturated rings. The number of esters is 1. The maximum absolute atomic E-state index is 12.1. The third-order valence-corrected chi connectivity index (χ3v) is 3.15. The number of halogens is 1. The fourth-order valence-electron chi connectivity index (χ4n) is 2.08. The zero-order valence-corrected chi connectivity index (χ0v) is 14.1. The minimum atomic E-state index is -0.719. The molecule has 22 heavy (non-hydrogen) atoms. The van der Waals surface area contributed by atoms with E-state index in [1.54, 1.807) is 0 Å². The number of carbonyl (C=O) groups is 2. The minimum absolute atomic E-state index is 0. The van der Waals surface area contributed by atoms with Gasteiger partial charge >= 0.3 is 5.97 Å². The summed E-state index contributed by atoms with van der Waals surface area (Å²) >= 11 is 0. The number of carbonyl (C=O) groups excluding carboxylic acids is 2. The molecule has 0 bridgehead atoms. The Bertz CT molecular complexity index is 466. The van der Waals surface area contributed by atoms with Crippen LogP contribution in [0.2, 0.25) is 0 Å². The van der Waals surface area contributed by atoms with E-state index in [1.165, 1.54) is 7.11 Å². The molecule has 1 aromatic rings. The number of ether oxygens (including phenoxy) is 1. The van der Waals surface area contributed by atoms with Gasteiger partial charge in [0.1, 0.15) is 6.04 Å². The van der Waals surface area contributed by atoms with E-state index in [4.69, 9.17) is 10.5 Å². The van der Waals surface area contributed by atoms with Crippen LogP contribution in [0.15, 0.2) is 30.3 Å². The average molecular weight is 329 g/mol. The summed E-state index contributed by atoms with van der Waals surface area (Å²) in [5, 5.41) is 2.68. The lowest BCUT2D eigenvalue weighted by molar-refractivity contribution is -0.145. The number of hydrogen-bond donors (Lipinski definition) is 2. The van der Waals surface area contributed by atoms with E-state index in [0.717, 1.165) is 5.56 Å². The standard InChI is InChI=1S/C16H24N2O3.ClH/c1-11(2)9-13(17)15(19)18-14(16(20)21-3)10-12-7-5-4-6-8-12;/h4-8,11,13-14H,9-10,17H2,1-3H3,(H,18,19);1H/t13-,14-;/m0./s1. The van der Waals surface area contributed by atoms with Crippen molar-refractivity contribution in [3.63, 3.8) is 0 Å². The first-order valence-electron chi connectivity index (χ1n) is 7.11. The zero-order chi connectivity index (χ0) is 15.8. The highest BCUT2D eigenvalue weighted by molar-refractivity contribution is 5.87. The summed E-state index contributed by atoms with van der Waals surface area (Å²) in [5.41, 5.74) is 6.79. The van der Waals surface area contributed by atoms with Crippen LogP contribution in [0.4, 0.5) is 0 Å². The Labute approximate surface area is 138 Å². The van der Waals surface area contributed by atoms with E-state index in [-0.39, 0.29) is 18.3 Å². The lowest BCUT2D eigenvalue weighted by atomic mass is 10.0. The van der Waals surface area contributed by atoms with Crippen molar-refractivity contribution in [1.29, 1.82) is 0 Å². The highest BCUT2D eigenvalue weighted by Crippen LogP contribution is 2.07. The third-order valence-electron chi connectivity index (χ3n) is 3.15. The first kappa shape index (κ1) is 20.4. The van der Waals surface area contributed by atoms with Crippen LogP contribution in [0.25, 0.3) is 0 Å². The molecule has 0 unspecified atom stereocenters. The predicted octanol–water partition coefficient (Wildman–Crippen LogP) is 1.68. The van der Waals surface area contributed by atoms with Crippen LogP contribution in [-0.4, -0.2) is 31.1 Å². The second-order valence-electron chi connectivity index (χ2n) is 5.51. The van der Waals surface area contributed by atoms with Gasteiger partial charge in [-0.15, -0.1) is 12.4 Å². The smallest absolute Gasteiger partial charge is 0.328 e. The van der Waals surface area contributed by atoms with Crippen molar-refractivity contribution < 1.29 is 14.3 Å². The number of methoxy groups -OCH3 is 1. The molecule has 1 rings (SSSR count). The summed E-state index contributed by atoms with van der Waals surface area (Å²) in [6.07, 6.45) is 0.957. The highest BCUT2D eigenvalue weighted by Gasteiger charge is 2.24. The van der Waals surface area contributed by atoms with Crippen LogP contribution >= 0.6 is 12.4 Å². The van der Waals surface area contributed by atoms with Crippen molar-refractivity contribution in [1.82, 2.24) is 5.32 Å². The molecule has 6 heteroatoms. The van der Waals surface area contributed by atoms with E-state index in [1.807, 2.05) is 44.2 Å². The lowest BCUT2D eigenvalue weighted by Gasteiger charge is -2.20. The Kier molecular flexibility index (Phi) is 9.45. The monoisotopic (exact) mass is 328 g/mol. The van der Waals surface area contributed by atoms with Gasteiger partial charge in [-0.2, -0.15) is 0 Å². The van der Waals surface area contributed by atoms with Gasteiger partial charge in [-0.3, -0.25) is 4.79 Å². The van der Waals surface area contributed by atoms with Gasteiger partial charge in [-0.25, -0.2) is 4.79 Å². The molecule has 3 N–H and O–H groups in total. The van der Waals surface area contributed by atoms with Crippen LogP contribution in [-0.2, 0) is 20.7 Å². The molecule has 0 aliphatic carbocycles. The van der Waals surface area contributed by atoms with Gasteiger partial charge < -0.3 is 15.8 Å². The van der Waals surface area contributed by atoms with Gasteiger partial charge in [-0.05, 0) is 17.9 Å². The number of amides is 1. The molecular weight excluding hydrogens is 304 g/mol. The van der Waals surface area contributed by atoms with Crippen molar-refractivity contribution in [3.8, 4) is 0 Å². The lowest BCUT2D eigenvalue weighted by Crippen LogP contribution is -2.50. The molecule has 124 valence electrons. The van der Waals surface area contributed by atoms with Crippen molar-refractivity contribution in [2.24, 2.45) is 11.7 Å². The van der Waals surface area contributed by atoms with Gasteiger partial charge in [0.05, 0.1) is 13.2 Å². The normalized spacial score (nSPS) is 13.0.